The van der Waals surface area contributed by atoms with Gasteiger partial charge in [0.2, 0.25) is 0 Å². The van der Waals surface area contributed by atoms with Crippen LogP contribution < -0.4 is 8.92 Å². The molecule has 0 bridgehead atoms. The van der Waals surface area contributed by atoms with Crippen LogP contribution >= 0.6 is 0 Å². The molecule has 0 aromatic heterocycles. The Morgan fingerprint density at radius 3 is 1.38 bits per heavy atom. The zero-order chi connectivity index (χ0) is 17.6. The van der Waals surface area contributed by atoms with Gasteiger partial charge in [0.25, 0.3) is 0 Å². The van der Waals surface area contributed by atoms with E-state index in [2.05, 4.69) is 97.1 Å². The molecule has 0 atom stereocenters. The van der Waals surface area contributed by atoms with Gasteiger partial charge in [0.05, 0.1) is 0 Å². The second kappa shape index (κ2) is 8.71. The Kier molecular flexibility index (Phi) is 5.89. The molecule has 0 saturated heterocycles. The van der Waals surface area contributed by atoms with Crippen molar-refractivity contribution < 1.29 is 0 Å². The molecule has 0 unspecified atom stereocenters. The van der Waals surface area contributed by atoms with Crippen LogP contribution in [0.4, 0.5) is 0 Å². The molecule has 0 N–H and O–H groups in total. The van der Waals surface area contributed by atoms with Gasteiger partial charge in [0.15, 0.2) is 0 Å². The molecule has 0 aliphatic carbocycles. The summed E-state index contributed by atoms with van der Waals surface area (Å²) in [6.07, 6.45) is 0. The van der Waals surface area contributed by atoms with Gasteiger partial charge in [-0.2, -0.15) is 0 Å². The van der Waals surface area contributed by atoms with E-state index in [0.717, 1.165) is 10.6 Å². The first-order valence-corrected chi connectivity index (χ1v) is 12.9. The van der Waals surface area contributed by atoms with E-state index in [9.17, 15) is 0 Å². The predicted molar refractivity (Wildman–Crippen MR) is 115 cm³/mol. The average molecular weight is 466 g/mol. The molecule has 4 rings (SSSR count). The fraction of sp³-hybridized carbons (Fsp3) is 0.0833. The Morgan fingerprint density at radius 2 is 0.923 bits per heavy atom. The first-order chi connectivity index (χ1) is 12.9. The van der Waals surface area contributed by atoms with Crippen LogP contribution in [-0.2, 0) is 10.6 Å². The number of hydrogen-bond donors (Lipinski definition) is 0. The molecule has 4 aromatic carbocycles. The molecule has 0 saturated carbocycles. The van der Waals surface area contributed by atoms with E-state index in [1.165, 1.54) is 30.8 Å². The summed E-state index contributed by atoms with van der Waals surface area (Å²) in [5.74, 6) is 0. The van der Waals surface area contributed by atoms with Crippen LogP contribution in [0.25, 0.3) is 10.8 Å². The molecule has 0 fully saturated rings. The molecule has 26 heavy (non-hydrogen) atoms. The summed E-state index contributed by atoms with van der Waals surface area (Å²) in [5, 5.41) is 5.19. The van der Waals surface area contributed by atoms with Gasteiger partial charge in [-0.15, -0.1) is 0 Å². The fourth-order valence-corrected chi connectivity index (χ4v) is 6.93. The SMILES string of the molecule is c1ccc([Se]Cc2cccc3cccc(C[Se]c4ccccc4)c23)cc1. The van der Waals surface area contributed by atoms with Crippen molar-refractivity contribution in [3.8, 4) is 0 Å². The maximum atomic E-state index is 2.33. The summed E-state index contributed by atoms with van der Waals surface area (Å²) in [7, 11) is 0. The van der Waals surface area contributed by atoms with Gasteiger partial charge in [0.1, 0.15) is 0 Å². The summed E-state index contributed by atoms with van der Waals surface area (Å²) in [5.41, 5.74) is 3.01. The normalized spacial score (nSPS) is 10.9. The summed E-state index contributed by atoms with van der Waals surface area (Å²) < 4.78 is 2.95. The fourth-order valence-electron chi connectivity index (χ4n) is 3.10. The third-order valence-corrected chi connectivity index (χ3v) is 8.80. The van der Waals surface area contributed by atoms with E-state index < -0.39 is 0 Å². The van der Waals surface area contributed by atoms with E-state index in [-0.39, 0.29) is 0 Å². The van der Waals surface area contributed by atoms with E-state index in [4.69, 9.17) is 0 Å². The summed E-state index contributed by atoms with van der Waals surface area (Å²) in [4.78, 5) is 0. The molecule has 0 nitrogen and oxygen atoms in total. The molecule has 0 amide bonds. The van der Waals surface area contributed by atoms with Crippen LogP contribution in [0.2, 0.25) is 0 Å². The second-order valence-corrected chi connectivity index (χ2v) is 10.5. The van der Waals surface area contributed by atoms with Crippen molar-refractivity contribution in [3.05, 3.63) is 108 Å². The average Bonchev–Trinajstić information content (AvgIpc) is 2.72. The summed E-state index contributed by atoms with van der Waals surface area (Å²) >= 11 is 0.959. The van der Waals surface area contributed by atoms with E-state index in [1.54, 1.807) is 0 Å². The van der Waals surface area contributed by atoms with Crippen molar-refractivity contribution in [2.24, 2.45) is 0 Å². The Balaban J connectivity index is 1.61. The molecule has 0 aliphatic rings. The zero-order valence-electron chi connectivity index (χ0n) is 14.5. The van der Waals surface area contributed by atoms with E-state index in [0.29, 0.717) is 29.9 Å². The van der Waals surface area contributed by atoms with Gasteiger partial charge in [-0.3, -0.25) is 0 Å². The van der Waals surface area contributed by atoms with E-state index in [1.807, 2.05) is 0 Å². The van der Waals surface area contributed by atoms with Crippen LogP contribution in [-0.4, -0.2) is 29.9 Å². The van der Waals surface area contributed by atoms with Gasteiger partial charge in [-0.1, -0.05) is 0 Å². The van der Waals surface area contributed by atoms with Crippen LogP contribution in [0.1, 0.15) is 11.1 Å². The number of rotatable bonds is 6. The van der Waals surface area contributed by atoms with Crippen molar-refractivity contribution in [2.75, 3.05) is 0 Å². The van der Waals surface area contributed by atoms with Crippen molar-refractivity contribution >= 4 is 49.6 Å². The first-order valence-electron chi connectivity index (χ1n) is 8.75. The minimum absolute atomic E-state index is 0.479. The molecular formula is C24H20Se2. The molecule has 0 aliphatic heterocycles. The van der Waals surface area contributed by atoms with Gasteiger partial charge < -0.3 is 0 Å². The van der Waals surface area contributed by atoms with Crippen molar-refractivity contribution in [3.63, 3.8) is 0 Å². The van der Waals surface area contributed by atoms with Crippen LogP contribution in [0.3, 0.4) is 0 Å². The molecule has 0 spiro atoms. The Morgan fingerprint density at radius 1 is 0.462 bits per heavy atom. The predicted octanol–water partition coefficient (Wildman–Crippen LogP) is 3.90. The van der Waals surface area contributed by atoms with Gasteiger partial charge in [0, 0.05) is 0 Å². The molecule has 4 aromatic rings. The summed E-state index contributed by atoms with van der Waals surface area (Å²) in [6, 6.07) is 35.4. The van der Waals surface area contributed by atoms with Crippen LogP contribution in [0, 0.1) is 0 Å². The van der Waals surface area contributed by atoms with Crippen LogP contribution in [0.5, 0.6) is 0 Å². The molecule has 128 valence electrons. The van der Waals surface area contributed by atoms with E-state index >= 15 is 0 Å². The number of hydrogen-bond acceptors (Lipinski definition) is 0. The molecule has 2 heteroatoms. The minimum atomic E-state index is 0.479. The van der Waals surface area contributed by atoms with Crippen molar-refractivity contribution in [2.45, 2.75) is 10.6 Å². The van der Waals surface area contributed by atoms with Crippen LogP contribution in [0.15, 0.2) is 97.1 Å². The Bertz CT molecular complexity index is 900. The van der Waals surface area contributed by atoms with Gasteiger partial charge >= 0.3 is 168 Å². The van der Waals surface area contributed by atoms with Crippen molar-refractivity contribution in [1.82, 2.24) is 0 Å². The van der Waals surface area contributed by atoms with Gasteiger partial charge in [-0.05, 0) is 0 Å². The molecule has 0 heterocycles. The van der Waals surface area contributed by atoms with Gasteiger partial charge in [-0.25, -0.2) is 0 Å². The third-order valence-electron chi connectivity index (χ3n) is 4.35. The topological polar surface area (TPSA) is 0 Å². The van der Waals surface area contributed by atoms with Crippen molar-refractivity contribution in [1.29, 1.82) is 0 Å². The Hall–Kier alpha value is -1.82. The number of fused-ring (bicyclic) bond motifs is 1. The summed E-state index contributed by atoms with van der Waals surface area (Å²) in [6.45, 7) is 0. The molecular weight excluding hydrogens is 446 g/mol. The standard InChI is InChI=1S/C24H20Se2/c1-3-13-22(14-4-1)25-17-20-11-7-9-19-10-8-12-21(24(19)20)18-26-23-15-5-2-6-16-23/h1-16H,17-18H2. The number of benzene rings is 4. The maximum absolute atomic E-state index is 2.33. The quantitative estimate of drug-likeness (QED) is 0.379. The Labute approximate surface area is 168 Å². The second-order valence-electron chi connectivity index (χ2n) is 6.14. The first kappa shape index (κ1) is 17.6. The zero-order valence-corrected chi connectivity index (χ0v) is 17.9. The monoisotopic (exact) mass is 468 g/mol. The molecule has 0 radical (unpaired) electrons. The third kappa shape index (κ3) is 4.29.